The number of para-hydroxylation sites is 1. The first-order valence-electron chi connectivity index (χ1n) is 11.0. The third-order valence-electron chi connectivity index (χ3n) is 5.63. The number of hydrogen-bond acceptors (Lipinski definition) is 3. The minimum absolute atomic E-state index is 0.0629. The summed E-state index contributed by atoms with van der Waals surface area (Å²) in [5.74, 6) is -0.0629. The van der Waals surface area contributed by atoms with Crippen LogP contribution in [0.15, 0.2) is 113 Å². The van der Waals surface area contributed by atoms with Crippen molar-refractivity contribution in [3.8, 4) is 0 Å². The highest BCUT2D eigenvalue weighted by molar-refractivity contribution is 7.99. The van der Waals surface area contributed by atoms with Crippen LogP contribution in [0.5, 0.6) is 0 Å². The van der Waals surface area contributed by atoms with Crippen LogP contribution in [0.2, 0.25) is 0 Å². The SMILES string of the molecule is CC(=O)Nc1ccc(Sc2c3ccccc3c(CNc3ccccc3)c3ccccc23)cc1. The minimum Gasteiger partial charge on any atom is -0.381 e. The molecule has 3 nitrogen and oxygen atoms in total. The van der Waals surface area contributed by atoms with Crippen LogP contribution < -0.4 is 10.6 Å². The minimum atomic E-state index is -0.0629. The topological polar surface area (TPSA) is 41.1 Å². The molecule has 0 heterocycles. The second-order valence-electron chi connectivity index (χ2n) is 7.93. The molecule has 5 aromatic carbocycles. The first-order valence-corrected chi connectivity index (χ1v) is 11.8. The maximum Gasteiger partial charge on any atom is 0.221 e. The highest BCUT2D eigenvalue weighted by Crippen LogP contribution is 2.42. The van der Waals surface area contributed by atoms with Gasteiger partial charge in [0.1, 0.15) is 0 Å². The van der Waals surface area contributed by atoms with Crippen LogP contribution in [-0.2, 0) is 11.3 Å². The van der Waals surface area contributed by atoms with Crippen molar-refractivity contribution in [2.45, 2.75) is 23.3 Å². The Hall–Kier alpha value is -3.76. The number of rotatable bonds is 6. The molecule has 0 unspecified atom stereocenters. The van der Waals surface area contributed by atoms with Crippen LogP contribution in [-0.4, -0.2) is 5.91 Å². The van der Waals surface area contributed by atoms with Gasteiger partial charge in [0.2, 0.25) is 5.91 Å². The molecule has 4 heteroatoms. The average Bonchev–Trinajstić information content (AvgIpc) is 2.85. The van der Waals surface area contributed by atoms with Crippen molar-refractivity contribution < 1.29 is 4.79 Å². The van der Waals surface area contributed by atoms with Gasteiger partial charge >= 0.3 is 0 Å². The van der Waals surface area contributed by atoms with Crippen LogP contribution in [0, 0.1) is 0 Å². The Morgan fingerprint density at radius 2 is 1.21 bits per heavy atom. The van der Waals surface area contributed by atoms with Crippen LogP contribution in [0.25, 0.3) is 21.5 Å². The number of benzene rings is 5. The van der Waals surface area contributed by atoms with E-state index < -0.39 is 0 Å². The number of fused-ring (bicyclic) bond motifs is 2. The largest absolute Gasteiger partial charge is 0.381 e. The maximum atomic E-state index is 11.3. The molecule has 0 atom stereocenters. The van der Waals surface area contributed by atoms with E-state index >= 15 is 0 Å². The molecule has 33 heavy (non-hydrogen) atoms. The predicted octanol–water partition coefficient (Wildman–Crippen LogP) is 7.71. The molecule has 0 saturated carbocycles. The lowest BCUT2D eigenvalue weighted by Crippen LogP contribution is -2.05. The standard InChI is InChI=1S/C29H24N2OS/c1-20(32)31-22-15-17-23(18-16-22)33-29-26-13-7-5-11-24(26)28(25-12-6-8-14-27(25)29)19-30-21-9-3-2-4-10-21/h2-18,30H,19H2,1H3,(H,31,32). The van der Waals surface area contributed by atoms with E-state index in [1.807, 2.05) is 18.2 Å². The quantitative estimate of drug-likeness (QED) is 0.261. The predicted molar refractivity (Wildman–Crippen MR) is 140 cm³/mol. The van der Waals surface area contributed by atoms with Gasteiger partial charge in [0, 0.05) is 34.6 Å². The smallest absolute Gasteiger partial charge is 0.221 e. The number of carbonyl (C=O) groups excluding carboxylic acids is 1. The van der Waals surface area contributed by atoms with Gasteiger partial charge in [-0.05, 0) is 63.5 Å². The summed E-state index contributed by atoms with van der Waals surface area (Å²) in [6.07, 6.45) is 0. The summed E-state index contributed by atoms with van der Waals surface area (Å²) in [6, 6.07) is 35.6. The van der Waals surface area contributed by atoms with Crippen molar-refractivity contribution in [3.63, 3.8) is 0 Å². The average molecular weight is 449 g/mol. The third-order valence-corrected chi connectivity index (χ3v) is 6.78. The van der Waals surface area contributed by atoms with Gasteiger partial charge in [-0.2, -0.15) is 0 Å². The highest BCUT2D eigenvalue weighted by atomic mass is 32.2. The number of hydrogen-bond donors (Lipinski definition) is 2. The van der Waals surface area contributed by atoms with E-state index in [-0.39, 0.29) is 5.91 Å². The molecule has 0 spiro atoms. The van der Waals surface area contributed by atoms with Crippen LogP contribution in [0.1, 0.15) is 12.5 Å². The van der Waals surface area contributed by atoms with E-state index in [9.17, 15) is 4.79 Å². The fraction of sp³-hybridized carbons (Fsp3) is 0.0690. The Kier molecular flexibility index (Phi) is 6.01. The molecule has 0 radical (unpaired) electrons. The summed E-state index contributed by atoms with van der Waals surface area (Å²) in [4.78, 5) is 13.7. The van der Waals surface area contributed by atoms with Crippen molar-refractivity contribution in [1.29, 1.82) is 0 Å². The molecule has 0 fully saturated rings. The van der Waals surface area contributed by atoms with Crippen molar-refractivity contribution in [3.05, 3.63) is 109 Å². The van der Waals surface area contributed by atoms with Crippen molar-refractivity contribution >= 4 is 50.6 Å². The number of carbonyl (C=O) groups is 1. The molecule has 0 aromatic heterocycles. The molecular formula is C29H24N2OS. The molecule has 5 rings (SSSR count). The van der Waals surface area contributed by atoms with Gasteiger partial charge in [0.25, 0.3) is 0 Å². The zero-order valence-corrected chi connectivity index (χ0v) is 19.2. The Morgan fingerprint density at radius 3 is 1.79 bits per heavy atom. The number of anilines is 2. The molecule has 0 bridgehead atoms. The first-order chi connectivity index (χ1) is 16.2. The number of nitrogens with one attached hydrogen (secondary N) is 2. The summed E-state index contributed by atoms with van der Waals surface area (Å²) in [5.41, 5.74) is 3.22. The lowest BCUT2D eigenvalue weighted by atomic mass is 9.96. The van der Waals surface area contributed by atoms with Crippen molar-refractivity contribution in [2.24, 2.45) is 0 Å². The zero-order valence-electron chi connectivity index (χ0n) is 18.3. The molecule has 1 amide bonds. The molecule has 0 saturated heterocycles. The monoisotopic (exact) mass is 448 g/mol. The fourth-order valence-corrected chi connectivity index (χ4v) is 5.24. The van der Waals surface area contributed by atoms with Crippen LogP contribution >= 0.6 is 11.8 Å². The van der Waals surface area contributed by atoms with Gasteiger partial charge in [0.15, 0.2) is 0 Å². The summed E-state index contributed by atoms with van der Waals surface area (Å²) < 4.78 is 0. The van der Waals surface area contributed by atoms with E-state index in [0.717, 1.165) is 22.8 Å². The summed E-state index contributed by atoms with van der Waals surface area (Å²) >= 11 is 1.76. The first kappa shape index (κ1) is 21.1. The summed E-state index contributed by atoms with van der Waals surface area (Å²) in [7, 11) is 0. The van der Waals surface area contributed by atoms with E-state index in [0.29, 0.717) is 0 Å². The van der Waals surface area contributed by atoms with Crippen molar-refractivity contribution in [1.82, 2.24) is 0 Å². The molecule has 0 aliphatic rings. The summed E-state index contributed by atoms with van der Waals surface area (Å²) in [5, 5.41) is 11.4. The second-order valence-corrected chi connectivity index (χ2v) is 9.01. The molecule has 5 aromatic rings. The van der Waals surface area contributed by atoms with E-state index in [2.05, 4.69) is 95.6 Å². The highest BCUT2D eigenvalue weighted by Gasteiger charge is 2.14. The molecule has 162 valence electrons. The van der Waals surface area contributed by atoms with Crippen LogP contribution in [0.3, 0.4) is 0 Å². The third kappa shape index (κ3) is 4.57. The number of amides is 1. The van der Waals surface area contributed by atoms with Gasteiger partial charge in [-0.1, -0.05) is 78.5 Å². The molecule has 2 N–H and O–H groups in total. The molecule has 0 aliphatic carbocycles. The van der Waals surface area contributed by atoms with Gasteiger partial charge < -0.3 is 10.6 Å². The van der Waals surface area contributed by atoms with Crippen molar-refractivity contribution in [2.75, 3.05) is 10.6 Å². The Labute approximate surface area is 197 Å². The summed E-state index contributed by atoms with van der Waals surface area (Å²) in [6.45, 7) is 2.27. The van der Waals surface area contributed by atoms with E-state index in [1.165, 1.54) is 38.9 Å². The Bertz CT molecular complexity index is 1370. The zero-order chi connectivity index (χ0) is 22.6. The molecular weight excluding hydrogens is 424 g/mol. The van der Waals surface area contributed by atoms with E-state index in [4.69, 9.17) is 0 Å². The van der Waals surface area contributed by atoms with E-state index in [1.54, 1.807) is 11.8 Å². The normalized spacial score (nSPS) is 10.9. The van der Waals surface area contributed by atoms with Gasteiger partial charge in [0.05, 0.1) is 0 Å². The van der Waals surface area contributed by atoms with Gasteiger partial charge in [-0.25, -0.2) is 0 Å². The Balaban J connectivity index is 1.58. The Morgan fingerprint density at radius 1 is 0.667 bits per heavy atom. The second kappa shape index (κ2) is 9.39. The van der Waals surface area contributed by atoms with Crippen LogP contribution in [0.4, 0.5) is 11.4 Å². The fourth-order valence-electron chi connectivity index (χ4n) is 4.15. The lowest BCUT2D eigenvalue weighted by Gasteiger charge is -2.17. The van der Waals surface area contributed by atoms with Gasteiger partial charge in [-0.3, -0.25) is 4.79 Å². The molecule has 0 aliphatic heterocycles. The maximum absolute atomic E-state index is 11.3. The van der Waals surface area contributed by atoms with Gasteiger partial charge in [-0.15, -0.1) is 0 Å². The lowest BCUT2D eigenvalue weighted by molar-refractivity contribution is -0.114.